The molecule has 1 fully saturated rings. The molecule has 0 unspecified atom stereocenters. The van der Waals surface area contributed by atoms with Crippen LogP contribution >= 0.6 is 11.3 Å². The third-order valence-electron chi connectivity index (χ3n) is 3.71. The summed E-state index contributed by atoms with van der Waals surface area (Å²) in [5.41, 5.74) is 0.593. The van der Waals surface area contributed by atoms with Crippen LogP contribution < -0.4 is 0 Å². The highest BCUT2D eigenvalue weighted by Crippen LogP contribution is 2.39. The lowest BCUT2D eigenvalue weighted by atomic mass is 10.00. The van der Waals surface area contributed by atoms with E-state index in [0.717, 1.165) is 4.88 Å². The largest absolute Gasteiger partial charge is 0.462 e. The van der Waals surface area contributed by atoms with Crippen molar-refractivity contribution in [2.75, 3.05) is 13.7 Å². The Bertz CT molecular complexity index is 521. The number of allylic oxidation sites excluding steroid dienone is 1. The number of nitrogens with zero attached hydrogens (tertiary/aromatic N) is 1. The van der Waals surface area contributed by atoms with Crippen LogP contribution in [0.2, 0.25) is 0 Å². The fraction of sp³-hybridized carbons (Fsp3) is 0.467. The maximum absolute atomic E-state index is 11.9. The summed E-state index contributed by atoms with van der Waals surface area (Å²) in [5, 5.41) is 2.00. The van der Waals surface area contributed by atoms with Crippen LogP contribution in [-0.2, 0) is 14.3 Å². The second kappa shape index (κ2) is 6.22. The number of rotatable bonds is 4. The molecule has 20 heavy (non-hydrogen) atoms. The number of hydrogen-bond donors (Lipinski definition) is 0. The number of ether oxygens (including phenoxy) is 1. The van der Waals surface area contributed by atoms with Crippen LogP contribution in [-0.4, -0.2) is 30.4 Å². The Morgan fingerprint density at radius 1 is 1.60 bits per heavy atom. The lowest BCUT2D eigenvalue weighted by Crippen LogP contribution is -2.25. The minimum absolute atomic E-state index is 0.0150. The molecule has 2 rings (SSSR count). The maximum atomic E-state index is 11.9. The summed E-state index contributed by atoms with van der Waals surface area (Å²) in [5.74, 6) is -0.175. The molecule has 0 aromatic carbocycles. The van der Waals surface area contributed by atoms with E-state index in [1.165, 1.54) is 0 Å². The lowest BCUT2D eigenvalue weighted by molar-refractivity contribution is -0.140. The fourth-order valence-corrected chi connectivity index (χ4v) is 3.36. The Labute approximate surface area is 123 Å². The standard InChI is InChI=1S/C15H19NO3S/c1-4-10(2)15(18)19-9-11-8-13(17)16(3)14(11)12-6-5-7-20-12/h4-7,11,14H,8-9H2,1-3H3/b10-4-/t11-,14-/m1/s1. The molecule has 1 aromatic rings. The van der Waals surface area contributed by atoms with Gasteiger partial charge in [0.1, 0.15) is 0 Å². The molecule has 0 bridgehead atoms. The molecule has 0 N–H and O–H groups in total. The van der Waals surface area contributed by atoms with Crippen molar-refractivity contribution in [2.45, 2.75) is 26.3 Å². The van der Waals surface area contributed by atoms with Gasteiger partial charge in [0, 0.05) is 29.8 Å². The van der Waals surface area contributed by atoms with E-state index in [-0.39, 0.29) is 30.4 Å². The fourth-order valence-electron chi connectivity index (χ4n) is 2.40. The summed E-state index contributed by atoms with van der Waals surface area (Å²) in [7, 11) is 1.81. The van der Waals surface area contributed by atoms with Crippen LogP contribution in [0.3, 0.4) is 0 Å². The molecule has 0 aliphatic carbocycles. The highest BCUT2D eigenvalue weighted by molar-refractivity contribution is 7.10. The highest BCUT2D eigenvalue weighted by atomic mass is 32.1. The van der Waals surface area contributed by atoms with Crippen molar-refractivity contribution in [1.82, 2.24) is 4.90 Å². The molecule has 108 valence electrons. The monoisotopic (exact) mass is 293 g/mol. The van der Waals surface area contributed by atoms with E-state index in [2.05, 4.69) is 0 Å². The first-order valence-electron chi connectivity index (χ1n) is 6.63. The maximum Gasteiger partial charge on any atom is 0.333 e. The number of esters is 1. The third-order valence-corrected chi connectivity index (χ3v) is 4.66. The molecule has 1 saturated heterocycles. The quantitative estimate of drug-likeness (QED) is 0.633. The van der Waals surface area contributed by atoms with Crippen molar-refractivity contribution in [2.24, 2.45) is 5.92 Å². The number of thiophene rings is 1. The average molecular weight is 293 g/mol. The van der Waals surface area contributed by atoms with Gasteiger partial charge in [0.2, 0.25) is 5.91 Å². The van der Waals surface area contributed by atoms with E-state index in [9.17, 15) is 9.59 Å². The van der Waals surface area contributed by atoms with Gasteiger partial charge in [0.25, 0.3) is 0 Å². The first-order chi connectivity index (χ1) is 9.54. The lowest BCUT2D eigenvalue weighted by Gasteiger charge is -2.23. The number of hydrogen-bond acceptors (Lipinski definition) is 4. The Hall–Kier alpha value is -1.62. The topological polar surface area (TPSA) is 46.6 Å². The van der Waals surface area contributed by atoms with Gasteiger partial charge in [-0.15, -0.1) is 11.3 Å². The SMILES string of the molecule is C/C=C(/C)C(=O)OC[C@H]1CC(=O)N(C)[C@H]1c1cccs1. The molecule has 5 heteroatoms. The van der Waals surface area contributed by atoms with Gasteiger partial charge in [-0.25, -0.2) is 4.79 Å². The summed E-state index contributed by atoms with van der Waals surface area (Å²) in [6.45, 7) is 3.81. The van der Waals surface area contributed by atoms with Crippen molar-refractivity contribution in [3.63, 3.8) is 0 Å². The van der Waals surface area contributed by atoms with Gasteiger partial charge in [-0.2, -0.15) is 0 Å². The predicted molar refractivity (Wildman–Crippen MR) is 78.3 cm³/mol. The molecule has 2 atom stereocenters. The normalized spacial score (nSPS) is 23.2. The Morgan fingerprint density at radius 3 is 2.95 bits per heavy atom. The van der Waals surface area contributed by atoms with Crippen molar-refractivity contribution < 1.29 is 14.3 Å². The van der Waals surface area contributed by atoms with E-state index < -0.39 is 0 Å². The predicted octanol–water partition coefficient (Wildman–Crippen LogP) is 2.78. The van der Waals surface area contributed by atoms with Gasteiger partial charge in [-0.05, 0) is 25.3 Å². The highest BCUT2D eigenvalue weighted by Gasteiger charge is 2.39. The van der Waals surface area contributed by atoms with E-state index in [0.29, 0.717) is 12.0 Å². The molecule has 0 radical (unpaired) electrons. The molecule has 0 saturated carbocycles. The number of carbonyl (C=O) groups is 2. The molecule has 4 nitrogen and oxygen atoms in total. The molecule has 1 aromatic heterocycles. The first kappa shape index (κ1) is 14.8. The Balaban J connectivity index is 2.06. The zero-order valence-electron chi connectivity index (χ0n) is 12.0. The van der Waals surface area contributed by atoms with Gasteiger partial charge in [-0.1, -0.05) is 12.1 Å². The molecule has 1 aliphatic heterocycles. The molecular weight excluding hydrogens is 274 g/mol. The van der Waals surface area contributed by atoms with Gasteiger partial charge >= 0.3 is 5.97 Å². The first-order valence-corrected chi connectivity index (χ1v) is 7.51. The summed E-state index contributed by atoms with van der Waals surface area (Å²) >= 11 is 1.63. The van der Waals surface area contributed by atoms with Crippen LogP contribution in [0.15, 0.2) is 29.2 Å². The third kappa shape index (κ3) is 2.93. The Kier molecular flexibility index (Phi) is 4.60. The van der Waals surface area contributed by atoms with Crippen molar-refractivity contribution in [3.8, 4) is 0 Å². The molecule has 2 heterocycles. The van der Waals surface area contributed by atoms with Crippen LogP contribution in [0.4, 0.5) is 0 Å². The van der Waals surface area contributed by atoms with E-state index >= 15 is 0 Å². The molecular formula is C15H19NO3S. The van der Waals surface area contributed by atoms with Crippen molar-refractivity contribution >= 4 is 23.2 Å². The summed E-state index contributed by atoms with van der Waals surface area (Å²) in [6.07, 6.45) is 2.16. The molecule has 0 spiro atoms. The van der Waals surface area contributed by atoms with Gasteiger partial charge in [-0.3, -0.25) is 4.79 Å². The van der Waals surface area contributed by atoms with Crippen LogP contribution in [0.5, 0.6) is 0 Å². The zero-order chi connectivity index (χ0) is 14.7. The van der Waals surface area contributed by atoms with Crippen molar-refractivity contribution in [3.05, 3.63) is 34.0 Å². The molecule has 1 amide bonds. The van der Waals surface area contributed by atoms with Gasteiger partial charge in [0.15, 0.2) is 0 Å². The van der Waals surface area contributed by atoms with Gasteiger partial charge < -0.3 is 9.64 Å². The number of carbonyl (C=O) groups excluding carboxylic acids is 2. The Morgan fingerprint density at radius 2 is 2.35 bits per heavy atom. The van der Waals surface area contributed by atoms with E-state index in [1.54, 1.807) is 36.2 Å². The van der Waals surface area contributed by atoms with Crippen molar-refractivity contribution in [1.29, 1.82) is 0 Å². The van der Waals surface area contributed by atoms with Gasteiger partial charge in [0.05, 0.1) is 12.6 Å². The minimum Gasteiger partial charge on any atom is -0.462 e. The van der Waals surface area contributed by atoms with E-state index in [4.69, 9.17) is 4.74 Å². The molecule has 1 aliphatic rings. The second-order valence-corrected chi connectivity index (χ2v) is 5.98. The average Bonchev–Trinajstić information content (AvgIpc) is 3.04. The summed E-state index contributed by atoms with van der Waals surface area (Å²) in [4.78, 5) is 26.5. The smallest absolute Gasteiger partial charge is 0.333 e. The van der Waals surface area contributed by atoms with Crippen LogP contribution in [0.25, 0.3) is 0 Å². The second-order valence-electron chi connectivity index (χ2n) is 5.00. The number of amides is 1. The van der Waals surface area contributed by atoms with E-state index in [1.807, 2.05) is 24.6 Å². The summed E-state index contributed by atoms with van der Waals surface area (Å²) < 4.78 is 5.32. The number of likely N-dealkylation sites (tertiary alicyclic amines) is 1. The minimum atomic E-state index is -0.306. The van der Waals surface area contributed by atoms with Crippen LogP contribution in [0, 0.1) is 5.92 Å². The van der Waals surface area contributed by atoms with Crippen LogP contribution in [0.1, 0.15) is 31.2 Å². The summed E-state index contributed by atoms with van der Waals surface area (Å²) in [6, 6.07) is 4.02. The zero-order valence-corrected chi connectivity index (χ0v) is 12.8.